The van der Waals surface area contributed by atoms with Crippen LogP contribution in [0.2, 0.25) is 0 Å². The van der Waals surface area contributed by atoms with E-state index in [4.69, 9.17) is 14.7 Å². The maximum atomic E-state index is 13.8. The summed E-state index contributed by atoms with van der Waals surface area (Å²) in [5.41, 5.74) is -0.0421. The van der Waals surface area contributed by atoms with Gasteiger partial charge in [-0.05, 0) is 100 Å². The van der Waals surface area contributed by atoms with Crippen LogP contribution in [-0.2, 0) is 9.53 Å². The highest BCUT2D eigenvalue weighted by Gasteiger charge is 2.34. The van der Waals surface area contributed by atoms with Gasteiger partial charge in [-0.3, -0.25) is 4.79 Å². The van der Waals surface area contributed by atoms with E-state index in [1.165, 1.54) is 69.9 Å². The number of halogens is 1. The second kappa shape index (κ2) is 12.2. The van der Waals surface area contributed by atoms with Gasteiger partial charge >= 0.3 is 5.97 Å². The van der Waals surface area contributed by atoms with Crippen molar-refractivity contribution in [3.05, 3.63) is 29.6 Å². The molecule has 0 unspecified atom stereocenters. The van der Waals surface area contributed by atoms with Gasteiger partial charge in [-0.15, -0.1) is 0 Å². The minimum atomic E-state index is -0.653. The van der Waals surface area contributed by atoms with E-state index in [2.05, 4.69) is 6.92 Å². The first kappa shape index (κ1) is 25.2. The summed E-state index contributed by atoms with van der Waals surface area (Å²) in [6.45, 7) is 3.28. The summed E-state index contributed by atoms with van der Waals surface area (Å²) >= 11 is 0. The Bertz CT molecular complexity index is 841. The van der Waals surface area contributed by atoms with Gasteiger partial charge in [0.1, 0.15) is 17.6 Å². The summed E-state index contributed by atoms with van der Waals surface area (Å²) in [6, 6.07) is 5.74. The second-order valence-electron chi connectivity index (χ2n) is 11.0. The van der Waals surface area contributed by atoms with Crippen LogP contribution in [0.25, 0.3) is 0 Å². The minimum Gasteiger partial charge on any atom is -0.426 e. The normalized spacial score (nSPS) is 32.0. The third-order valence-corrected chi connectivity index (χ3v) is 8.88. The molecular formula is C29H40FNO3. The fourth-order valence-corrected chi connectivity index (χ4v) is 6.48. The molecule has 0 aliphatic heterocycles. The molecule has 0 amide bonds. The van der Waals surface area contributed by atoms with Gasteiger partial charge < -0.3 is 9.47 Å². The minimum absolute atomic E-state index is 0.0421. The van der Waals surface area contributed by atoms with Gasteiger partial charge in [-0.25, -0.2) is 4.39 Å². The zero-order valence-electron chi connectivity index (χ0n) is 20.6. The van der Waals surface area contributed by atoms with Crippen molar-refractivity contribution < 1.29 is 18.7 Å². The Labute approximate surface area is 204 Å². The highest BCUT2D eigenvalue weighted by atomic mass is 19.1. The predicted octanol–water partition coefficient (Wildman–Crippen LogP) is 7.20. The lowest BCUT2D eigenvalue weighted by atomic mass is 9.70. The molecule has 4 nitrogen and oxygen atoms in total. The van der Waals surface area contributed by atoms with E-state index in [1.807, 2.05) is 0 Å². The number of rotatable bonds is 7. The molecule has 0 heterocycles. The van der Waals surface area contributed by atoms with E-state index in [1.54, 1.807) is 6.07 Å². The average molecular weight is 470 g/mol. The molecule has 3 aliphatic carbocycles. The zero-order chi connectivity index (χ0) is 23.9. The Morgan fingerprint density at radius 3 is 2.15 bits per heavy atom. The number of nitriles is 1. The van der Waals surface area contributed by atoms with Crippen molar-refractivity contribution in [2.24, 2.45) is 29.6 Å². The van der Waals surface area contributed by atoms with Crippen molar-refractivity contribution in [1.82, 2.24) is 0 Å². The summed E-state index contributed by atoms with van der Waals surface area (Å²) in [7, 11) is 0. The SMILES string of the molecule is CCC1CCC(COC2CCC(C3CCC(C(=O)Oc4ccc(C#N)c(F)c4)CC3)CC2)CC1. The van der Waals surface area contributed by atoms with E-state index >= 15 is 0 Å². The number of carbonyl (C=O) groups is 1. The molecule has 3 fully saturated rings. The van der Waals surface area contributed by atoms with Crippen molar-refractivity contribution in [2.45, 2.75) is 96.5 Å². The summed E-state index contributed by atoms with van der Waals surface area (Å²) in [5, 5.41) is 8.83. The first-order chi connectivity index (χ1) is 16.6. The lowest BCUT2D eigenvalue weighted by Crippen LogP contribution is -2.32. The van der Waals surface area contributed by atoms with Gasteiger partial charge in [0.05, 0.1) is 17.6 Å². The van der Waals surface area contributed by atoms with Gasteiger partial charge in [0, 0.05) is 12.7 Å². The smallest absolute Gasteiger partial charge is 0.314 e. The summed E-state index contributed by atoms with van der Waals surface area (Å²) in [6.07, 6.45) is 15.9. The molecule has 0 saturated heterocycles. The van der Waals surface area contributed by atoms with Crippen molar-refractivity contribution in [3.63, 3.8) is 0 Å². The molecule has 5 heteroatoms. The fourth-order valence-electron chi connectivity index (χ4n) is 6.48. The summed E-state index contributed by atoms with van der Waals surface area (Å²) in [4.78, 5) is 12.6. The standard InChI is InChI=1S/C29H40FNO3/c1-2-20-3-5-21(6-4-20)19-33-26-14-11-23(12-15-26)22-7-9-24(10-8-22)29(32)34-27-16-13-25(18-31)28(30)17-27/h13,16-17,20-24,26H,2-12,14-15,19H2,1H3. The van der Waals surface area contributed by atoms with Gasteiger partial charge in [-0.2, -0.15) is 5.26 Å². The van der Waals surface area contributed by atoms with E-state index in [-0.39, 0.29) is 23.2 Å². The topological polar surface area (TPSA) is 59.3 Å². The lowest BCUT2D eigenvalue weighted by molar-refractivity contribution is -0.140. The van der Waals surface area contributed by atoms with Crippen LogP contribution < -0.4 is 4.74 Å². The highest BCUT2D eigenvalue weighted by Crippen LogP contribution is 2.41. The Morgan fingerprint density at radius 1 is 0.941 bits per heavy atom. The van der Waals surface area contributed by atoms with Gasteiger partial charge in [0.25, 0.3) is 0 Å². The third-order valence-electron chi connectivity index (χ3n) is 8.88. The third kappa shape index (κ3) is 6.60. The molecule has 0 spiro atoms. The van der Waals surface area contributed by atoms with Crippen LogP contribution in [0, 0.1) is 46.7 Å². The number of carbonyl (C=O) groups excluding carboxylic acids is 1. The number of nitrogens with zero attached hydrogens (tertiary/aromatic N) is 1. The van der Waals surface area contributed by atoms with Gasteiger partial charge in [0.15, 0.2) is 0 Å². The predicted molar refractivity (Wildman–Crippen MR) is 130 cm³/mol. The number of esters is 1. The molecule has 0 bridgehead atoms. The fraction of sp³-hybridized carbons (Fsp3) is 0.724. The van der Waals surface area contributed by atoms with Crippen molar-refractivity contribution in [2.75, 3.05) is 6.61 Å². The van der Waals surface area contributed by atoms with Crippen LogP contribution in [0.5, 0.6) is 5.75 Å². The largest absolute Gasteiger partial charge is 0.426 e. The molecule has 0 atom stereocenters. The van der Waals surface area contributed by atoms with Crippen LogP contribution in [0.4, 0.5) is 4.39 Å². The lowest BCUT2D eigenvalue weighted by Gasteiger charge is -2.37. The number of hydrogen-bond donors (Lipinski definition) is 0. The second-order valence-corrected chi connectivity index (χ2v) is 11.0. The Morgan fingerprint density at radius 2 is 1.56 bits per heavy atom. The van der Waals surface area contributed by atoms with Gasteiger partial charge in [0.2, 0.25) is 0 Å². The van der Waals surface area contributed by atoms with Crippen LogP contribution in [0.3, 0.4) is 0 Å². The maximum absolute atomic E-state index is 13.8. The molecule has 1 aromatic carbocycles. The average Bonchev–Trinajstić information content (AvgIpc) is 2.88. The molecule has 3 saturated carbocycles. The van der Waals surface area contributed by atoms with Crippen molar-refractivity contribution in [3.8, 4) is 11.8 Å². The van der Waals surface area contributed by atoms with E-state index in [0.29, 0.717) is 12.0 Å². The molecule has 34 heavy (non-hydrogen) atoms. The summed E-state index contributed by atoms with van der Waals surface area (Å²) < 4.78 is 25.5. The maximum Gasteiger partial charge on any atom is 0.314 e. The molecule has 3 aliphatic rings. The molecule has 186 valence electrons. The van der Waals surface area contributed by atoms with Crippen molar-refractivity contribution >= 4 is 5.97 Å². The van der Waals surface area contributed by atoms with Crippen LogP contribution in [0.1, 0.15) is 96.0 Å². The summed E-state index contributed by atoms with van der Waals surface area (Å²) in [5.74, 6) is 2.32. The van der Waals surface area contributed by atoms with Crippen molar-refractivity contribution in [1.29, 1.82) is 5.26 Å². The van der Waals surface area contributed by atoms with Crippen LogP contribution in [-0.4, -0.2) is 18.7 Å². The molecule has 0 N–H and O–H groups in total. The molecule has 0 radical (unpaired) electrons. The van der Waals surface area contributed by atoms with E-state index in [9.17, 15) is 9.18 Å². The highest BCUT2D eigenvalue weighted by molar-refractivity contribution is 5.75. The van der Waals surface area contributed by atoms with Crippen LogP contribution >= 0.6 is 0 Å². The molecule has 4 rings (SSSR count). The molecular weight excluding hydrogens is 429 g/mol. The zero-order valence-corrected chi connectivity index (χ0v) is 20.6. The van der Waals surface area contributed by atoms with E-state index < -0.39 is 5.82 Å². The van der Waals surface area contributed by atoms with E-state index in [0.717, 1.165) is 56.1 Å². The monoisotopic (exact) mass is 469 g/mol. The first-order valence-electron chi connectivity index (χ1n) is 13.6. The molecule has 0 aromatic heterocycles. The molecule has 1 aromatic rings. The Balaban J connectivity index is 1.14. The van der Waals surface area contributed by atoms with Crippen LogP contribution in [0.15, 0.2) is 18.2 Å². The number of ether oxygens (including phenoxy) is 2. The quantitative estimate of drug-likeness (QED) is 0.313. The van der Waals surface area contributed by atoms with Gasteiger partial charge in [-0.1, -0.05) is 26.2 Å². The number of benzene rings is 1. The first-order valence-corrected chi connectivity index (χ1v) is 13.6. The Hall–Kier alpha value is -1.93. The Kier molecular flexibility index (Phi) is 9.00. The number of hydrogen-bond acceptors (Lipinski definition) is 4.